The lowest BCUT2D eigenvalue weighted by Gasteiger charge is -2.12. The summed E-state index contributed by atoms with van der Waals surface area (Å²) in [5.74, 6) is 1.14. The van der Waals surface area contributed by atoms with E-state index in [1.165, 1.54) is 16.9 Å². The zero-order chi connectivity index (χ0) is 11.1. The fourth-order valence-electron chi connectivity index (χ4n) is 1.31. The molecule has 0 radical (unpaired) electrons. The van der Waals surface area contributed by atoms with Crippen LogP contribution in [0.2, 0.25) is 0 Å². The Morgan fingerprint density at radius 3 is 2.53 bits per heavy atom. The quantitative estimate of drug-likeness (QED) is 0.741. The van der Waals surface area contributed by atoms with Crippen LogP contribution in [0.3, 0.4) is 0 Å². The lowest BCUT2D eigenvalue weighted by Crippen LogP contribution is -2.28. The summed E-state index contributed by atoms with van der Waals surface area (Å²) in [7, 11) is 0. The number of hydrogen-bond donors (Lipinski definition) is 1. The Labute approximate surface area is 97.7 Å². The molecule has 1 atom stereocenters. The van der Waals surface area contributed by atoms with Gasteiger partial charge in [0, 0.05) is 16.7 Å². The van der Waals surface area contributed by atoms with Crippen molar-refractivity contribution in [2.75, 3.05) is 12.3 Å². The van der Waals surface area contributed by atoms with Gasteiger partial charge in [0.15, 0.2) is 0 Å². The fraction of sp³-hybridized carbons (Fsp3) is 0.538. The molecule has 0 heterocycles. The molecule has 0 aliphatic heterocycles. The van der Waals surface area contributed by atoms with Crippen LogP contribution in [0.5, 0.6) is 0 Å². The fourth-order valence-corrected chi connectivity index (χ4v) is 2.19. The molecule has 1 rings (SSSR count). The van der Waals surface area contributed by atoms with E-state index in [9.17, 15) is 0 Å². The minimum atomic E-state index is 0.594. The van der Waals surface area contributed by atoms with Crippen molar-refractivity contribution in [3.8, 4) is 0 Å². The van der Waals surface area contributed by atoms with E-state index in [-0.39, 0.29) is 0 Å². The van der Waals surface area contributed by atoms with Gasteiger partial charge in [-0.3, -0.25) is 0 Å². The highest BCUT2D eigenvalue weighted by atomic mass is 32.2. The van der Waals surface area contributed by atoms with Gasteiger partial charge in [-0.15, -0.1) is 11.8 Å². The molecule has 0 aliphatic rings. The molecule has 1 aromatic rings. The third-order valence-corrected chi connectivity index (χ3v) is 3.54. The second-order valence-electron chi connectivity index (χ2n) is 3.98. The molecular weight excluding hydrogens is 202 g/mol. The summed E-state index contributed by atoms with van der Waals surface area (Å²) in [6.45, 7) is 7.69. The molecule has 84 valence electrons. The van der Waals surface area contributed by atoms with E-state index >= 15 is 0 Å². The molecule has 0 aliphatic carbocycles. The standard InChI is InChI=1S/C13H21NS/c1-4-9-14-12(3)10-15-13-7-5-11(2)6-8-13/h5-8,12,14H,4,9-10H2,1-3H3. The summed E-state index contributed by atoms with van der Waals surface area (Å²) < 4.78 is 0. The van der Waals surface area contributed by atoms with E-state index in [0.29, 0.717) is 6.04 Å². The highest BCUT2D eigenvalue weighted by Crippen LogP contribution is 2.18. The maximum Gasteiger partial charge on any atom is 0.0133 e. The minimum absolute atomic E-state index is 0.594. The van der Waals surface area contributed by atoms with Crippen LogP contribution in [-0.4, -0.2) is 18.3 Å². The Bertz CT molecular complexity index is 268. The molecule has 0 saturated carbocycles. The van der Waals surface area contributed by atoms with E-state index in [1.807, 2.05) is 11.8 Å². The van der Waals surface area contributed by atoms with Crippen LogP contribution in [0, 0.1) is 6.92 Å². The van der Waals surface area contributed by atoms with E-state index in [1.54, 1.807) is 0 Å². The van der Waals surface area contributed by atoms with Gasteiger partial charge >= 0.3 is 0 Å². The summed E-state index contributed by atoms with van der Waals surface area (Å²) in [6, 6.07) is 9.34. The maximum atomic E-state index is 3.49. The molecule has 0 aromatic heterocycles. The predicted octanol–water partition coefficient (Wildman–Crippen LogP) is 3.48. The number of benzene rings is 1. The van der Waals surface area contributed by atoms with Gasteiger partial charge in [0.1, 0.15) is 0 Å². The molecule has 0 bridgehead atoms. The molecule has 1 unspecified atom stereocenters. The summed E-state index contributed by atoms with van der Waals surface area (Å²) in [4.78, 5) is 1.37. The van der Waals surface area contributed by atoms with Gasteiger partial charge in [-0.05, 0) is 38.9 Å². The lowest BCUT2D eigenvalue weighted by molar-refractivity contribution is 0.590. The maximum absolute atomic E-state index is 3.49. The van der Waals surface area contributed by atoms with Crippen LogP contribution in [-0.2, 0) is 0 Å². The summed E-state index contributed by atoms with van der Waals surface area (Å²) >= 11 is 1.93. The van der Waals surface area contributed by atoms with Crippen LogP contribution in [0.25, 0.3) is 0 Å². The molecule has 1 aromatic carbocycles. The van der Waals surface area contributed by atoms with Crippen molar-refractivity contribution in [1.29, 1.82) is 0 Å². The first-order valence-electron chi connectivity index (χ1n) is 5.65. The second-order valence-corrected chi connectivity index (χ2v) is 5.07. The number of aryl methyl sites for hydroxylation is 1. The summed E-state index contributed by atoms with van der Waals surface area (Å²) in [5, 5.41) is 3.49. The van der Waals surface area contributed by atoms with E-state index < -0.39 is 0 Å². The molecule has 0 spiro atoms. The molecule has 1 N–H and O–H groups in total. The Hall–Kier alpha value is -0.470. The zero-order valence-corrected chi connectivity index (χ0v) is 10.7. The molecule has 2 heteroatoms. The van der Waals surface area contributed by atoms with E-state index in [2.05, 4.69) is 50.4 Å². The van der Waals surface area contributed by atoms with Crippen LogP contribution in [0.15, 0.2) is 29.2 Å². The summed E-state index contributed by atoms with van der Waals surface area (Å²) in [5.41, 5.74) is 1.33. The van der Waals surface area contributed by atoms with Crippen molar-refractivity contribution >= 4 is 11.8 Å². The third kappa shape index (κ3) is 5.24. The highest BCUT2D eigenvalue weighted by Gasteiger charge is 2.01. The van der Waals surface area contributed by atoms with Gasteiger partial charge in [-0.25, -0.2) is 0 Å². The number of thioether (sulfide) groups is 1. The SMILES string of the molecule is CCCNC(C)CSc1ccc(C)cc1. The van der Waals surface area contributed by atoms with Crippen molar-refractivity contribution in [2.45, 2.75) is 38.1 Å². The van der Waals surface area contributed by atoms with Crippen molar-refractivity contribution in [2.24, 2.45) is 0 Å². The van der Waals surface area contributed by atoms with Gasteiger partial charge in [0.05, 0.1) is 0 Å². The topological polar surface area (TPSA) is 12.0 Å². The van der Waals surface area contributed by atoms with Crippen molar-refractivity contribution in [1.82, 2.24) is 5.32 Å². The smallest absolute Gasteiger partial charge is 0.0133 e. The molecule has 0 fully saturated rings. The average Bonchev–Trinajstić information content (AvgIpc) is 2.25. The van der Waals surface area contributed by atoms with Crippen LogP contribution in [0.1, 0.15) is 25.8 Å². The largest absolute Gasteiger partial charge is 0.313 e. The van der Waals surface area contributed by atoms with E-state index in [4.69, 9.17) is 0 Å². The summed E-state index contributed by atoms with van der Waals surface area (Å²) in [6.07, 6.45) is 1.21. The molecule has 0 saturated heterocycles. The Kier molecular flexibility index (Phi) is 5.81. The number of hydrogen-bond acceptors (Lipinski definition) is 2. The van der Waals surface area contributed by atoms with Gasteiger partial charge in [-0.1, -0.05) is 24.6 Å². The first-order valence-corrected chi connectivity index (χ1v) is 6.63. The molecule has 15 heavy (non-hydrogen) atoms. The average molecular weight is 223 g/mol. The molecule has 0 amide bonds. The van der Waals surface area contributed by atoms with Gasteiger partial charge in [0.2, 0.25) is 0 Å². The first kappa shape index (κ1) is 12.6. The predicted molar refractivity (Wildman–Crippen MR) is 69.7 cm³/mol. The van der Waals surface area contributed by atoms with Crippen molar-refractivity contribution in [3.05, 3.63) is 29.8 Å². The zero-order valence-electron chi connectivity index (χ0n) is 9.92. The van der Waals surface area contributed by atoms with E-state index in [0.717, 1.165) is 12.3 Å². The van der Waals surface area contributed by atoms with Crippen LogP contribution in [0.4, 0.5) is 0 Å². The van der Waals surface area contributed by atoms with Gasteiger partial charge in [0.25, 0.3) is 0 Å². The van der Waals surface area contributed by atoms with Crippen molar-refractivity contribution in [3.63, 3.8) is 0 Å². The lowest BCUT2D eigenvalue weighted by atomic mass is 10.2. The Morgan fingerprint density at radius 1 is 1.27 bits per heavy atom. The van der Waals surface area contributed by atoms with Crippen LogP contribution >= 0.6 is 11.8 Å². The molecular formula is C13H21NS. The van der Waals surface area contributed by atoms with Crippen LogP contribution < -0.4 is 5.32 Å². The highest BCUT2D eigenvalue weighted by molar-refractivity contribution is 7.99. The second kappa shape index (κ2) is 6.91. The number of nitrogens with one attached hydrogen (secondary N) is 1. The van der Waals surface area contributed by atoms with Crippen molar-refractivity contribution < 1.29 is 0 Å². The third-order valence-electron chi connectivity index (χ3n) is 2.26. The normalized spacial score (nSPS) is 12.7. The first-order chi connectivity index (χ1) is 7.22. The Morgan fingerprint density at radius 2 is 1.93 bits per heavy atom. The van der Waals surface area contributed by atoms with Gasteiger partial charge in [-0.2, -0.15) is 0 Å². The number of rotatable bonds is 6. The monoisotopic (exact) mass is 223 g/mol. The minimum Gasteiger partial charge on any atom is -0.313 e. The van der Waals surface area contributed by atoms with Gasteiger partial charge < -0.3 is 5.32 Å². The molecule has 1 nitrogen and oxygen atoms in total. The Balaban J connectivity index is 2.27.